The topological polar surface area (TPSA) is 66.8 Å². The predicted molar refractivity (Wildman–Crippen MR) is 143 cm³/mol. The summed E-state index contributed by atoms with van der Waals surface area (Å²) in [6, 6.07) is 2.87. The fraction of sp³-hybridized carbons (Fsp3) is 0.548. The lowest BCUT2D eigenvalue weighted by molar-refractivity contribution is -0.144. The van der Waals surface area contributed by atoms with Crippen molar-refractivity contribution >= 4 is 12.1 Å². The van der Waals surface area contributed by atoms with E-state index in [2.05, 4.69) is 0 Å². The van der Waals surface area contributed by atoms with Gasteiger partial charge in [0.15, 0.2) is 0 Å². The number of carbonyl (C=O) groups excluding carboxylic acids is 1. The molecule has 1 N–H and O–H groups in total. The Morgan fingerprint density at radius 1 is 0.867 bits per heavy atom. The quantitative estimate of drug-likeness (QED) is 0.289. The summed E-state index contributed by atoms with van der Waals surface area (Å²) in [6.07, 6.45) is -14.2. The third-order valence-corrected chi connectivity index (χ3v) is 9.00. The molecule has 4 rings (SSSR count). The summed E-state index contributed by atoms with van der Waals surface area (Å²) in [5.74, 6) is -0.862. The van der Waals surface area contributed by atoms with Crippen molar-refractivity contribution in [2.75, 3.05) is 0 Å². The van der Waals surface area contributed by atoms with E-state index in [0.717, 1.165) is 17.0 Å². The Balaban J connectivity index is 1.57. The second-order valence-electron chi connectivity index (χ2n) is 12.0. The zero-order valence-corrected chi connectivity index (χ0v) is 24.3. The van der Waals surface area contributed by atoms with E-state index in [1.165, 1.54) is 13.0 Å². The standard InChI is InChI=1S/C31H32F9NO4/c1-16(18-5-7-20(8-6-18)27(42)43)3-4-19-9-10-23(29(32,33)34)13-22(19)15-41-17(2)26(45-28(41)44)21-11-24(30(35,36)37)14-25(12-21)31(38,39)40/h9-14,16-18,20,26H,3-8,15H2,1-2H3,(H,42,43). The van der Waals surface area contributed by atoms with Crippen molar-refractivity contribution in [2.24, 2.45) is 17.8 Å². The SMILES string of the molecule is CC(CCc1ccc(C(F)(F)F)cc1CN1C(=O)OC(c2cc(C(F)(F)F)cc(C(F)(F)F)c2)C1C)C1CCC(C(=O)O)CC1. The van der Waals surface area contributed by atoms with Gasteiger partial charge in [-0.3, -0.25) is 9.69 Å². The van der Waals surface area contributed by atoms with Crippen LogP contribution in [0.1, 0.15) is 85.4 Å². The van der Waals surface area contributed by atoms with Gasteiger partial charge in [0, 0.05) is 6.54 Å². The Hall–Kier alpha value is -3.45. The molecule has 1 saturated carbocycles. The number of hydrogen-bond donors (Lipinski definition) is 1. The van der Waals surface area contributed by atoms with Crippen molar-refractivity contribution in [3.8, 4) is 0 Å². The summed E-state index contributed by atoms with van der Waals surface area (Å²) in [5.41, 5.74) is -4.08. The van der Waals surface area contributed by atoms with E-state index in [-0.39, 0.29) is 23.5 Å². The second-order valence-corrected chi connectivity index (χ2v) is 12.0. The Morgan fingerprint density at radius 2 is 1.42 bits per heavy atom. The molecular weight excluding hydrogens is 621 g/mol. The molecule has 248 valence electrons. The molecule has 2 aromatic rings. The summed E-state index contributed by atoms with van der Waals surface area (Å²) in [6.45, 7) is 2.91. The van der Waals surface area contributed by atoms with Crippen LogP contribution in [0.25, 0.3) is 0 Å². The monoisotopic (exact) mass is 653 g/mol. The van der Waals surface area contributed by atoms with Crippen molar-refractivity contribution in [1.29, 1.82) is 0 Å². The molecule has 45 heavy (non-hydrogen) atoms. The molecule has 1 amide bonds. The van der Waals surface area contributed by atoms with Crippen molar-refractivity contribution in [1.82, 2.24) is 4.90 Å². The van der Waals surface area contributed by atoms with Gasteiger partial charge in [-0.1, -0.05) is 13.0 Å². The van der Waals surface area contributed by atoms with E-state index in [4.69, 9.17) is 4.74 Å². The number of carboxylic acid groups (broad SMARTS) is 1. The molecule has 2 aliphatic rings. The zero-order valence-electron chi connectivity index (χ0n) is 24.3. The number of cyclic esters (lactones) is 1. The van der Waals surface area contributed by atoms with Crippen LogP contribution in [0.3, 0.4) is 0 Å². The number of halogens is 9. The van der Waals surface area contributed by atoms with Crippen molar-refractivity contribution < 1.29 is 58.9 Å². The molecule has 1 aliphatic carbocycles. The number of alkyl halides is 9. The maximum atomic E-state index is 13.6. The molecule has 0 radical (unpaired) electrons. The summed E-state index contributed by atoms with van der Waals surface area (Å²) in [4.78, 5) is 25.1. The number of carboxylic acids is 1. The lowest BCUT2D eigenvalue weighted by atomic mass is 9.75. The largest absolute Gasteiger partial charge is 0.481 e. The Kier molecular flexibility index (Phi) is 9.75. The highest BCUT2D eigenvalue weighted by atomic mass is 19.4. The van der Waals surface area contributed by atoms with E-state index in [1.54, 1.807) is 0 Å². The first kappa shape index (κ1) is 34.4. The van der Waals surface area contributed by atoms with Gasteiger partial charge < -0.3 is 9.84 Å². The summed E-state index contributed by atoms with van der Waals surface area (Å²) in [5, 5.41) is 9.24. The molecule has 1 saturated heterocycles. The molecule has 1 aliphatic heterocycles. The van der Waals surface area contributed by atoms with E-state index in [1.807, 2.05) is 6.92 Å². The maximum absolute atomic E-state index is 13.6. The van der Waals surface area contributed by atoms with Gasteiger partial charge in [0.2, 0.25) is 0 Å². The molecule has 5 nitrogen and oxygen atoms in total. The highest BCUT2D eigenvalue weighted by molar-refractivity contribution is 5.71. The molecule has 2 aromatic carbocycles. The molecule has 1 heterocycles. The lowest BCUT2D eigenvalue weighted by Gasteiger charge is -2.31. The minimum atomic E-state index is -5.12. The van der Waals surface area contributed by atoms with Crippen LogP contribution in [0.4, 0.5) is 44.3 Å². The van der Waals surface area contributed by atoms with Crippen molar-refractivity contribution in [3.63, 3.8) is 0 Å². The third kappa shape index (κ3) is 8.04. The lowest BCUT2D eigenvalue weighted by Crippen LogP contribution is -2.32. The number of nitrogens with zero attached hydrogens (tertiary/aromatic N) is 1. The van der Waals surface area contributed by atoms with Gasteiger partial charge in [0.1, 0.15) is 6.10 Å². The number of rotatable bonds is 8. The molecule has 0 spiro atoms. The number of hydrogen-bond acceptors (Lipinski definition) is 3. The minimum absolute atomic E-state index is 0.0452. The van der Waals surface area contributed by atoms with Gasteiger partial charge in [-0.2, -0.15) is 39.5 Å². The normalized spacial score (nSPS) is 23.6. The average molecular weight is 654 g/mol. The van der Waals surface area contributed by atoms with Crippen molar-refractivity contribution in [3.05, 3.63) is 69.8 Å². The number of amides is 1. The van der Waals surface area contributed by atoms with E-state index < -0.39 is 77.5 Å². The van der Waals surface area contributed by atoms with E-state index >= 15 is 0 Å². The van der Waals surface area contributed by atoms with Crippen LogP contribution in [0.2, 0.25) is 0 Å². The van der Waals surface area contributed by atoms with E-state index in [9.17, 15) is 54.2 Å². The summed E-state index contributed by atoms with van der Waals surface area (Å²) in [7, 11) is 0. The smallest absolute Gasteiger partial charge is 0.416 e. The molecular formula is C31H32F9NO4. The fourth-order valence-corrected chi connectivity index (χ4v) is 6.23. The first-order valence-corrected chi connectivity index (χ1v) is 14.4. The molecule has 2 fully saturated rings. The number of carbonyl (C=O) groups is 2. The van der Waals surface area contributed by atoms with Crippen LogP contribution in [0.15, 0.2) is 36.4 Å². The van der Waals surface area contributed by atoms with Crippen LogP contribution in [-0.2, 0) is 41.0 Å². The average Bonchev–Trinajstić information content (AvgIpc) is 3.23. The zero-order chi connectivity index (χ0) is 33.5. The number of benzene rings is 2. The molecule has 3 unspecified atom stereocenters. The first-order valence-electron chi connectivity index (χ1n) is 14.4. The number of aliphatic carboxylic acids is 1. The third-order valence-electron chi connectivity index (χ3n) is 9.00. The predicted octanol–water partition coefficient (Wildman–Crippen LogP) is 9.28. The highest BCUT2D eigenvalue weighted by Crippen LogP contribution is 2.42. The second kappa shape index (κ2) is 12.7. The van der Waals surface area contributed by atoms with Gasteiger partial charge in [0.05, 0.1) is 28.7 Å². The molecule has 0 bridgehead atoms. The van der Waals surface area contributed by atoms with Crippen LogP contribution < -0.4 is 0 Å². The summed E-state index contributed by atoms with van der Waals surface area (Å²) < 4.78 is 127. The maximum Gasteiger partial charge on any atom is 0.416 e. The fourth-order valence-electron chi connectivity index (χ4n) is 6.23. The number of ether oxygens (including phenoxy) is 1. The van der Waals surface area contributed by atoms with Gasteiger partial charge in [-0.15, -0.1) is 0 Å². The van der Waals surface area contributed by atoms with Crippen LogP contribution in [0, 0.1) is 17.8 Å². The summed E-state index contributed by atoms with van der Waals surface area (Å²) >= 11 is 0. The van der Waals surface area contributed by atoms with Gasteiger partial charge in [0.25, 0.3) is 0 Å². The highest BCUT2D eigenvalue weighted by Gasteiger charge is 2.44. The molecule has 14 heteroatoms. The van der Waals surface area contributed by atoms with Gasteiger partial charge in [-0.25, -0.2) is 4.79 Å². The van der Waals surface area contributed by atoms with Gasteiger partial charge >= 0.3 is 30.6 Å². The Bertz CT molecular complexity index is 1360. The molecule has 3 atom stereocenters. The molecule has 0 aromatic heterocycles. The van der Waals surface area contributed by atoms with Crippen LogP contribution in [-0.4, -0.2) is 28.1 Å². The van der Waals surface area contributed by atoms with E-state index in [0.29, 0.717) is 56.2 Å². The van der Waals surface area contributed by atoms with Crippen molar-refractivity contribution in [2.45, 2.75) is 89.6 Å². The number of aryl methyl sites for hydroxylation is 1. The van der Waals surface area contributed by atoms with Crippen LogP contribution in [0.5, 0.6) is 0 Å². The Labute approximate surface area is 253 Å². The first-order chi connectivity index (χ1) is 20.8. The van der Waals surface area contributed by atoms with Gasteiger partial charge in [-0.05, 0) is 104 Å². The Morgan fingerprint density at radius 3 is 1.93 bits per heavy atom. The van der Waals surface area contributed by atoms with Crippen LogP contribution >= 0.6 is 0 Å². The minimum Gasteiger partial charge on any atom is -0.481 e.